The molecule has 1 saturated heterocycles. The van der Waals surface area contributed by atoms with Crippen molar-refractivity contribution >= 4 is 5.91 Å². The van der Waals surface area contributed by atoms with Gasteiger partial charge in [0.2, 0.25) is 5.91 Å². The summed E-state index contributed by atoms with van der Waals surface area (Å²) < 4.78 is 5.54. The molecule has 104 valence electrons. The second-order valence-corrected chi connectivity index (χ2v) is 5.30. The maximum atomic E-state index is 11.8. The van der Waals surface area contributed by atoms with Crippen LogP contribution in [-0.2, 0) is 16.1 Å². The molecule has 2 N–H and O–H groups in total. The Morgan fingerprint density at radius 2 is 2.16 bits per heavy atom. The zero-order valence-corrected chi connectivity index (χ0v) is 11.6. The lowest BCUT2D eigenvalue weighted by Crippen LogP contribution is -2.51. The Kier molecular flexibility index (Phi) is 4.56. The third-order valence-electron chi connectivity index (χ3n) is 3.87. The fraction of sp³-hybridized carbons (Fsp3) is 0.533. The van der Waals surface area contributed by atoms with Crippen molar-refractivity contribution in [2.45, 2.75) is 38.5 Å². The number of hydrogen-bond acceptors (Lipinski definition) is 3. The van der Waals surface area contributed by atoms with Crippen LogP contribution in [0.1, 0.15) is 25.8 Å². The number of ether oxygens (including phenoxy) is 1. The third-order valence-corrected chi connectivity index (χ3v) is 3.87. The third kappa shape index (κ3) is 3.78. The van der Waals surface area contributed by atoms with Gasteiger partial charge in [-0.15, -0.1) is 0 Å². The highest BCUT2D eigenvalue weighted by Crippen LogP contribution is 2.24. The first-order valence-electron chi connectivity index (χ1n) is 6.77. The molecule has 19 heavy (non-hydrogen) atoms. The zero-order chi connectivity index (χ0) is 13.7. The largest absolute Gasteiger partial charge is 0.377 e. The van der Waals surface area contributed by atoms with Crippen LogP contribution >= 0.6 is 0 Å². The predicted octanol–water partition coefficient (Wildman–Crippen LogP) is 1.46. The lowest BCUT2D eigenvalue weighted by Gasteiger charge is -2.28. The second kappa shape index (κ2) is 6.17. The first-order chi connectivity index (χ1) is 9.10. The zero-order valence-electron chi connectivity index (χ0n) is 11.6. The van der Waals surface area contributed by atoms with Crippen molar-refractivity contribution in [2.24, 2.45) is 0 Å². The summed E-state index contributed by atoms with van der Waals surface area (Å²) in [5, 5.41) is 6.22. The van der Waals surface area contributed by atoms with Gasteiger partial charge in [0, 0.05) is 18.7 Å². The fourth-order valence-electron chi connectivity index (χ4n) is 2.21. The molecule has 0 spiro atoms. The van der Waals surface area contributed by atoms with Gasteiger partial charge in [0.15, 0.2) is 0 Å². The minimum atomic E-state index is -0.0932. The van der Waals surface area contributed by atoms with Crippen molar-refractivity contribution in [1.29, 1.82) is 0 Å². The summed E-state index contributed by atoms with van der Waals surface area (Å²) in [4.78, 5) is 11.8. The maximum Gasteiger partial charge on any atom is 0.234 e. The van der Waals surface area contributed by atoms with Crippen LogP contribution in [0.3, 0.4) is 0 Å². The van der Waals surface area contributed by atoms with Gasteiger partial charge in [-0.3, -0.25) is 4.79 Å². The van der Waals surface area contributed by atoms with Crippen molar-refractivity contribution in [1.82, 2.24) is 10.6 Å². The first kappa shape index (κ1) is 14.0. The first-order valence-corrected chi connectivity index (χ1v) is 6.77. The van der Waals surface area contributed by atoms with E-state index in [1.807, 2.05) is 37.3 Å². The summed E-state index contributed by atoms with van der Waals surface area (Å²) >= 11 is 0. The molecule has 1 amide bonds. The molecule has 4 nitrogen and oxygen atoms in total. The molecule has 0 aromatic heterocycles. The van der Waals surface area contributed by atoms with E-state index >= 15 is 0 Å². The van der Waals surface area contributed by atoms with E-state index < -0.39 is 0 Å². The number of benzene rings is 1. The molecule has 0 radical (unpaired) electrons. The van der Waals surface area contributed by atoms with E-state index in [0.29, 0.717) is 13.1 Å². The quantitative estimate of drug-likeness (QED) is 0.844. The van der Waals surface area contributed by atoms with Crippen LogP contribution in [0.2, 0.25) is 0 Å². The van der Waals surface area contributed by atoms with Gasteiger partial charge >= 0.3 is 0 Å². The van der Waals surface area contributed by atoms with E-state index in [1.165, 1.54) is 0 Å². The summed E-state index contributed by atoms with van der Waals surface area (Å²) in [6, 6.07) is 9.91. The maximum absolute atomic E-state index is 11.8. The van der Waals surface area contributed by atoms with Gasteiger partial charge in [0.1, 0.15) is 0 Å². The molecule has 0 aliphatic carbocycles. The van der Waals surface area contributed by atoms with E-state index in [2.05, 4.69) is 17.6 Å². The molecular formula is C15H22N2O2. The molecular weight excluding hydrogens is 240 g/mol. The van der Waals surface area contributed by atoms with Crippen LogP contribution in [0.15, 0.2) is 30.3 Å². The molecule has 4 heteroatoms. The van der Waals surface area contributed by atoms with Crippen molar-refractivity contribution in [3.05, 3.63) is 35.9 Å². The number of carbonyl (C=O) groups excluding carboxylic acids is 1. The van der Waals surface area contributed by atoms with Crippen molar-refractivity contribution < 1.29 is 9.53 Å². The molecule has 1 fully saturated rings. The topological polar surface area (TPSA) is 50.4 Å². The van der Waals surface area contributed by atoms with E-state index in [0.717, 1.165) is 18.6 Å². The van der Waals surface area contributed by atoms with Crippen LogP contribution in [0.4, 0.5) is 0 Å². The Labute approximate surface area is 114 Å². The number of nitrogens with one attached hydrogen (secondary N) is 2. The molecule has 0 bridgehead atoms. The standard InChI is InChI=1S/C15H22N2O2/c1-12-15(2,8-9-19-12)17-11-14(18)16-10-13-6-4-3-5-7-13/h3-7,12,17H,8-11H2,1-2H3,(H,16,18). The van der Waals surface area contributed by atoms with Crippen molar-refractivity contribution in [3.8, 4) is 0 Å². The lowest BCUT2D eigenvalue weighted by molar-refractivity contribution is -0.120. The van der Waals surface area contributed by atoms with Crippen LogP contribution < -0.4 is 10.6 Å². The normalized spacial score (nSPS) is 26.3. The minimum Gasteiger partial charge on any atom is -0.377 e. The van der Waals surface area contributed by atoms with Gasteiger partial charge in [-0.2, -0.15) is 0 Å². The number of carbonyl (C=O) groups is 1. The Hall–Kier alpha value is -1.39. The SMILES string of the molecule is CC1OCCC1(C)NCC(=O)NCc1ccccc1. The molecule has 0 saturated carbocycles. The van der Waals surface area contributed by atoms with Gasteiger partial charge < -0.3 is 15.4 Å². The molecule has 1 heterocycles. The van der Waals surface area contributed by atoms with Crippen LogP contribution in [0, 0.1) is 0 Å². The number of rotatable bonds is 5. The fourth-order valence-corrected chi connectivity index (χ4v) is 2.21. The minimum absolute atomic E-state index is 0.0178. The van der Waals surface area contributed by atoms with E-state index in [9.17, 15) is 4.79 Å². The molecule has 1 aliphatic rings. The highest BCUT2D eigenvalue weighted by Gasteiger charge is 2.36. The molecule has 2 unspecified atom stereocenters. The van der Waals surface area contributed by atoms with Gasteiger partial charge in [0.25, 0.3) is 0 Å². The monoisotopic (exact) mass is 262 g/mol. The number of hydrogen-bond donors (Lipinski definition) is 2. The Morgan fingerprint density at radius 1 is 1.42 bits per heavy atom. The summed E-state index contributed by atoms with van der Waals surface area (Å²) in [6.45, 7) is 5.81. The summed E-state index contributed by atoms with van der Waals surface area (Å²) in [5.41, 5.74) is 1.02. The van der Waals surface area contributed by atoms with E-state index in [4.69, 9.17) is 4.74 Å². The Morgan fingerprint density at radius 3 is 2.79 bits per heavy atom. The predicted molar refractivity (Wildman–Crippen MR) is 74.7 cm³/mol. The average molecular weight is 262 g/mol. The van der Waals surface area contributed by atoms with Gasteiger partial charge in [-0.25, -0.2) is 0 Å². The van der Waals surface area contributed by atoms with Gasteiger partial charge in [-0.05, 0) is 25.8 Å². The Balaban J connectivity index is 1.73. The van der Waals surface area contributed by atoms with Crippen molar-refractivity contribution in [3.63, 3.8) is 0 Å². The lowest BCUT2D eigenvalue weighted by atomic mass is 9.95. The van der Waals surface area contributed by atoms with E-state index in [-0.39, 0.29) is 17.6 Å². The molecule has 2 rings (SSSR count). The molecule has 2 atom stereocenters. The average Bonchev–Trinajstić information content (AvgIpc) is 2.76. The van der Waals surface area contributed by atoms with Crippen molar-refractivity contribution in [2.75, 3.05) is 13.2 Å². The van der Waals surface area contributed by atoms with E-state index in [1.54, 1.807) is 0 Å². The second-order valence-electron chi connectivity index (χ2n) is 5.30. The highest BCUT2D eigenvalue weighted by atomic mass is 16.5. The van der Waals surface area contributed by atoms with Crippen LogP contribution in [0.25, 0.3) is 0 Å². The number of amides is 1. The summed E-state index contributed by atoms with van der Waals surface area (Å²) in [5.74, 6) is 0.0178. The Bertz CT molecular complexity index is 421. The van der Waals surface area contributed by atoms with Gasteiger partial charge in [-0.1, -0.05) is 30.3 Å². The summed E-state index contributed by atoms with van der Waals surface area (Å²) in [7, 11) is 0. The molecule has 1 aromatic rings. The molecule has 1 aromatic carbocycles. The smallest absolute Gasteiger partial charge is 0.234 e. The van der Waals surface area contributed by atoms with Gasteiger partial charge in [0.05, 0.1) is 12.6 Å². The highest BCUT2D eigenvalue weighted by molar-refractivity contribution is 5.78. The van der Waals surface area contributed by atoms with Crippen LogP contribution in [-0.4, -0.2) is 30.7 Å². The van der Waals surface area contributed by atoms with Crippen LogP contribution in [0.5, 0.6) is 0 Å². The molecule has 1 aliphatic heterocycles. The summed E-state index contributed by atoms with van der Waals surface area (Å²) in [6.07, 6.45) is 1.09.